The number of likely N-dealkylation sites (tertiary alicyclic amines) is 1. The predicted molar refractivity (Wildman–Crippen MR) is 115 cm³/mol. The molecule has 1 fully saturated rings. The highest BCUT2D eigenvalue weighted by atomic mass is 16.2. The van der Waals surface area contributed by atoms with Gasteiger partial charge in [-0.1, -0.05) is 48.5 Å². The summed E-state index contributed by atoms with van der Waals surface area (Å²) in [6.07, 6.45) is 9.35. The van der Waals surface area contributed by atoms with Crippen molar-refractivity contribution in [1.82, 2.24) is 9.88 Å². The Kier molecular flexibility index (Phi) is 6.11. The fourth-order valence-electron chi connectivity index (χ4n) is 4.41. The Bertz CT molecular complexity index is 891. The maximum absolute atomic E-state index is 12.6. The molecule has 1 saturated heterocycles. The number of rotatable bonds is 7. The van der Waals surface area contributed by atoms with Crippen molar-refractivity contribution in [3.63, 3.8) is 0 Å². The number of piperidine rings is 1. The van der Waals surface area contributed by atoms with Crippen molar-refractivity contribution in [2.75, 3.05) is 13.1 Å². The molecule has 0 radical (unpaired) electrons. The minimum atomic E-state index is 0.335. The second kappa shape index (κ2) is 9.09. The Morgan fingerprint density at radius 1 is 0.964 bits per heavy atom. The number of amides is 1. The molecule has 0 bridgehead atoms. The van der Waals surface area contributed by atoms with Gasteiger partial charge in [-0.2, -0.15) is 0 Å². The maximum Gasteiger partial charge on any atom is 0.222 e. The van der Waals surface area contributed by atoms with Crippen LogP contribution >= 0.6 is 0 Å². The number of fused-ring (bicyclic) bond motifs is 1. The van der Waals surface area contributed by atoms with Crippen LogP contribution in [0.2, 0.25) is 0 Å². The van der Waals surface area contributed by atoms with Gasteiger partial charge in [0.05, 0.1) is 0 Å². The van der Waals surface area contributed by atoms with E-state index in [-0.39, 0.29) is 0 Å². The molecule has 1 amide bonds. The lowest BCUT2D eigenvalue weighted by atomic mass is 9.90. The van der Waals surface area contributed by atoms with Crippen molar-refractivity contribution in [3.05, 3.63) is 71.9 Å². The van der Waals surface area contributed by atoms with Crippen LogP contribution in [0.1, 0.15) is 43.2 Å². The zero-order valence-electron chi connectivity index (χ0n) is 16.6. The third kappa shape index (κ3) is 4.64. The highest BCUT2D eigenvalue weighted by Crippen LogP contribution is 2.24. The number of aryl methyl sites for hydroxylation is 2. The van der Waals surface area contributed by atoms with Crippen molar-refractivity contribution in [2.24, 2.45) is 5.92 Å². The van der Waals surface area contributed by atoms with Crippen LogP contribution in [0.4, 0.5) is 0 Å². The predicted octanol–water partition coefficient (Wildman–Crippen LogP) is 5.36. The van der Waals surface area contributed by atoms with Crippen molar-refractivity contribution in [2.45, 2.75) is 44.9 Å². The third-order valence-electron chi connectivity index (χ3n) is 6.16. The minimum Gasteiger partial charge on any atom is -0.361 e. The molecule has 0 unspecified atom stereocenters. The first kappa shape index (κ1) is 18.8. The van der Waals surface area contributed by atoms with Gasteiger partial charge in [-0.3, -0.25) is 4.79 Å². The lowest BCUT2D eigenvalue weighted by Crippen LogP contribution is -2.38. The van der Waals surface area contributed by atoms with Crippen molar-refractivity contribution in [3.8, 4) is 0 Å². The third-order valence-corrected chi connectivity index (χ3v) is 6.16. The molecule has 3 heteroatoms. The number of benzene rings is 2. The monoisotopic (exact) mass is 374 g/mol. The molecule has 1 aliphatic rings. The van der Waals surface area contributed by atoms with E-state index in [2.05, 4.69) is 70.7 Å². The Morgan fingerprint density at radius 2 is 1.71 bits per heavy atom. The molecule has 0 aliphatic carbocycles. The fourth-order valence-corrected chi connectivity index (χ4v) is 4.41. The number of carbonyl (C=O) groups is 1. The van der Waals surface area contributed by atoms with Gasteiger partial charge in [0, 0.05) is 36.6 Å². The van der Waals surface area contributed by atoms with Gasteiger partial charge >= 0.3 is 0 Å². The average Bonchev–Trinajstić information content (AvgIpc) is 3.16. The van der Waals surface area contributed by atoms with E-state index in [4.69, 9.17) is 0 Å². The van der Waals surface area contributed by atoms with E-state index < -0.39 is 0 Å². The summed E-state index contributed by atoms with van der Waals surface area (Å²) in [7, 11) is 0. The van der Waals surface area contributed by atoms with Gasteiger partial charge in [0.2, 0.25) is 5.91 Å². The largest absolute Gasteiger partial charge is 0.361 e. The zero-order valence-corrected chi connectivity index (χ0v) is 16.6. The number of aromatic nitrogens is 1. The molecule has 0 saturated carbocycles. The smallest absolute Gasteiger partial charge is 0.222 e. The zero-order chi connectivity index (χ0) is 19.2. The molecule has 1 N–H and O–H groups in total. The summed E-state index contributed by atoms with van der Waals surface area (Å²) in [5.41, 5.74) is 3.93. The number of hydrogen-bond acceptors (Lipinski definition) is 1. The number of aromatic amines is 1. The van der Waals surface area contributed by atoms with Gasteiger partial charge in [-0.15, -0.1) is 0 Å². The van der Waals surface area contributed by atoms with E-state index in [0.717, 1.165) is 51.1 Å². The molecular weight excluding hydrogens is 344 g/mol. The molecule has 2 aromatic carbocycles. The summed E-state index contributed by atoms with van der Waals surface area (Å²) in [4.78, 5) is 18.0. The summed E-state index contributed by atoms with van der Waals surface area (Å²) >= 11 is 0. The molecule has 146 valence electrons. The van der Waals surface area contributed by atoms with E-state index in [0.29, 0.717) is 12.3 Å². The number of nitrogens with one attached hydrogen (secondary N) is 1. The Hall–Kier alpha value is -2.55. The second-order valence-corrected chi connectivity index (χ2v) is 8.06. The number of nitrogens with zero attached hydrogens (tertiary/aromatic N) is 1. The van der Waals surface area contributed by atoms with Crippen LogP contribution in [0.25, 0.3) is 10.9 Å². The molecule has 3 aromatic rings. The second-order valence-electron chi connectivity index (χ2n) is 8.06. The first-order chi connectivity index (χ1) is 13.8. The van der Waals surface area contributed by atoms with Crippen LogP contribution < -0.4 is 0 Å². The molecular formula is C25H30N2O. The van der Waals surface area contributed by atoms with Crippen LogP contribution in [0.5, 0.6) is 0 Å². The molecule has 3 nitrogen and oxygen atoms in total. The van der Waals surface area contributed by atoms with Crippen LogP contribution in [-0.2, 0) is 17.6 Å². The molecule has 1 aliphatic heterocycles. The van der Waals surface area contributed by atoms with Crippen molar-refractivity contribution >= 4 is 16.8 Å². The molecule has 2 heterocycles. The van der Waals surface area contributed by atoms with E-state index >= 15 is 0 Å². The molecule has 4 rings (SSSR count). The van der Waals surface area contributed by atoms with Crippen molar-refractivity contribution < 1.29 is 4.79 Å². The lowest BCUT2D eigenvalue weighted by Gasteiger charge is -2.32. The van der Waals surface area contributed by atoms with Gasteiger partial charge in [-0.05, 0) is 61.6 Å². The summed E-state index contributed by atoms with van der Waals surface area (Å²) < 4.78 is 0. The lowest BCUT2D eigenvalue weighted by molar-refractivity contribution is -0.132. The summed E-state index contributed by atoms with van der Waals surface area (Å²) in [5.74, 6) is 1.09. The minimum absolute atomic E-state index is 0.335. The number of hydrogen-bond donors (Lipinski definition) is 1. The van der Waals surface area contributed by atoms with Crippen LogP contribution in [0.3, 0.4) is 0 Å². The van der Waals surface area contributed by atoms with E-state index in [9.17, 15) is 4.79 Å². The first-order valence-corrected chi connectivity index (χ1v) is 10.7. The molecule has 0 atom stereocenters. The number of para-hydroxylation sites is 1. The van der Waals surface area contributed by atoms with Gasteiger partial charge in [0.25, 0.3) is 0 Å². The van der Waals surface area contributed by atoms with Gasteiger partial charge < -0.3 is 9.88 Å². The van der Waals surface area contributed by atoms with Crippen LogP contribution in [0.15, 0.2) is 60.8 Å². The summed E-state index contributed by atoms with van der Waals surface area (Å²) in [6.45, 7) is 1.87. The van der Waals surface area contributed by atoms with E-state index in [1.165, 1.54) is 28.5 Å². The summed E-state index contributed by atoms with van der Waals surface area (Å²) in [6, 6.07) is 19.1. The maximum atomic E-state index is 12.6. The van der Waals surface area contributed by atoms with E-state index in [1.54, 1.807) is 0 Å². The molecule has 0 spiro atoms. The number of carbonyl (C=O) groups excluding carboxylic acids is 1. The van der Waals surface area contributed by atoms with Crippen molar-refractivity contribution in [1.29, 1.82) is 0 Å². The Balaban J connectivity index is 1.18. The SMILES string of the molecule is O=C(CCCc1c[nH]c2ccccc12)N1CCC(CCc2ccccc2)CC1. The quantitative estimate of drug-likeness (QED) is 0.593. The van der Waals surface area contributed by atoms with Gasteiger partial charge in [0.15, 0.2) is 0 Å². The molecule has 28 heavy (non-hydrogen) atoms. The normalized spacial score (nSPS) is 15.2. The standard InChI is InChI=1S/C25H30N2O/c28-25(12-6-9-22-19-26-24-11-5-4-10-23(22)24)27-17-15-21(16-18-27)14-13-20-7-2-1-3-8-20/h1-5,7-8,10-11,19,21,26H,6,9,12-18H2. The van der Waals surface area contributed by atoms with Crippen LogP contribution in [-0.4, -0.2) is 28.9 Å². The average molecular weight is 375 g/mol. The highest BCUT2D eigenvalue weighted by Gasteiger charge is 2.22. The van der Waals surface area contributed by atoms with E-state index in [1.807, 2.05) is 0 Å². The van der Waals surface area contributed by atoms with Gasteiger partial charge in [0.1, 0.15) is 0 Å². The first-order valence-electron chi connectivity index (χ1n) is 10.7. The Labute approximate surface area is 167 Å². The summed E-state index contributed by atoms with van der Waals surface area (Å²) in [5, 5.41) is 1.29. The van der Waals surface area contributed by atoms with Gasteiger partial charge in [-0.25, -0.2) is 0 Å². The van der Waals surface area contributed by atoms with Crippen LogP contribution in [0, 0.1) is 5.92 Å². The topological polar surface area (TPSA) is 36.1 Å². The molecule has 1 aromatic heterocycles. The fraction of sp³-hybridized carbons (Fsp3) is 0.400. The number of H-pyrrole nitrogens is 1. The highest BCUT2D eigenvalue weighted by molar-refractivity contribution is 5.83. The Morgan fingerprint density at radius 3 is 2.54 bits per heavy atom.